The van der Waals surface area contributed by atoms with Crippen LogP contribution in [0.25, 0.3) is 0 Å². The molecule has 0 unspecified atom stereocenters. The van der Waals surface area contributed by atoms with Crippen molar-refractivity contribution < 1.29 is 14.8 Å². The fourth-order valence-electron chi connectivity index (χ4n) is 0.964. The minimum Gasteiger partial charge on any atom is -0.480 e. The van der Waals surface area contributed by atoms with E-state index >= 15 is 0 Å². The van der Waals surface area contributed by atoms with E-state index in [0.717, 1.165) is 5.75 Å². The number of carboxylic acid groups (broad SMARTS) is 1. The molecule has 0 aliphatic heterocycles. The van der Waals surface area contributed by atoms with Gasteiger partial charge in [0, 0.05) is 17.8 Å². The number of nitro groups is 1. The Kier molecular flexibility index (Phi) is 8.30. The zero-order chi connectivity index (χ0) is 14.8. The molecule has 0 radical (unpaired) electrons. The van der Waals surface area contributed by atoms with E-state index in [2.05, 4.69) is 0 Å². The van der Waals surface area contributed by atoms with Crippen LogP contribution in [0.15, 0.2) is 24.3 Å². The second-order valence-electron chi connectivity index (χ2n) is 3.57. The quantitative estimate of drug-likeness (QED) is 0.422. The van der Waals surface area contributed by atoms with Crippen LogP contribution >= 0.6 is 11.8 Å². The van der Waals surface area contributed by atoms with Crippen molar-refractivity contribution >= 4 is 29.1 Å². The second kappa shape index (κ2) is 9.17. The van der Waals surface area contributed by atoms with E-state index < -0.39 is 16.9 Å². The van der Waals surface area contributed by atoms with Crippen molar-refractivity contribution in [2.75, 3.05) is 17.7 Å². The van der Waals surface area contributed by atoms with Crippen molar-refractivity contribution in [2.45, 2.75) is 12.5 Å². The predicted molar refractivity (Wildman–Crippen MR) is 76.1 cm³/mol. The van der Waals surface area contributed by atoms with Gasteiger partial charge >= 0.3 is 5.97 Å². The molecule has 1 atom stereocenters. The van der Waals surface area contributed by atoms with Gasteiger partial charge in [0.25, 0.3) is 5.69 Å². The molecule has 1 aromatic carbocycles. The van der Waals surface area contributed by atoms with Crippen LogP contribution in [0.3, 0.4) is 0 Å². The van der Waals surface area contributed by atoms with E-state index in [9.17, 15) is 14.9 Å². The molecule has 0 aliphatic carbocycles. The first-order valence-corrected chi connectivity index (χ1v) is 6.75. The van der Waals surface area contributed by atoms with Crippen LogP contribution in [0.2, 0.25) is 0 Å². The number of hydrogen-bond acceptors (Lipinski definition) is 6. The smallest absolute Gasteiger partial charge is 0.320 e. The molecular weight excluding hydrogens is 270 g/mol. The van der Waals surface area contributed by atoms with Gasteiger partial charge in [-0.3, -0.25) is 14.9 Å². The number of benzene rings is 1. The topological polar surface area (TPSA) is 132 Å². The van der Waals surface area contributed by atoms with Gasteiger partial charge in [-0.1, -0.05) is 0 Å². The summed E-state index contributed by atoms with van der Waals surface area (Å²) < 4.78 is 0. The number of aliphatic carboxylic acids is 1. The molecule has 0 heterocycles. The number of anilines is 1. The van der Waals surface area contributed by atoms with E-state index in [-0.39, 0.29) is 5.69 Å². The summed E-state index contributed by atoms with van der Waals surface area (Å²) in [5.74, 6) is -0.1000. The number of nitrogens with zero attached hydrogens (tertiary/aromatic N) is 1. The van der Waals surface area contributed by atoms with Gasteiger partial charge in [-0.15, -0.1) is 0 Å². The first-order chi connectivity index (χ1) is 8.88. The fourth-order valence-corrected chi connectivity index (χ4v) is 1.45. The maximum atomic E-state index is 10.1. The van der Waals surface area contributed by atoms with Crippen molar-refractivity contribution in [1.29, 1.82) is 0 Å². The zero-order valence-electron chi connectivity index (χ0n) is 10.5. The summed E-state index contributed by atoms with van der Waals surface area (Å²) in [6, 6.07) is 5.05. The van der Waals surface area contributed by atoms with Gasteiger partial charge in [-0.2, -0.15) is 11.8 Å². The zero-order valence-corrected chi connectivity index (χ0v) is 11.3. The molecule has 0 aliphatic rings. The Hall–Kier alpha value is -1.80. The Morgan fingerprint density at radius 2 is 2.00 bits per heavy atom. The van der Waals surface area contributed by atoms with Gasteiger partial charge in [-0.05, 0) is 30.6 Å². The number of nitro benzene ring substituents is 1. The minimum absolute atomic E-state index is 0.0641. The Balaban J connectivity index is 0.000000344. The monoisotopic (exact) mass is 287 g/mol. The summed E-state index contributed by atoms with van der Waals surface area (Å²) in [4.78, 5) is 19.7. The molecular formula is C11H17N3O4S. The van der Waals surface area contributed by atoms with E-state index in [0.29, 0.717) is 12.1 Å². The van der Waals surface area contributed by atoms with Crippen molar-refractivity contribution in [1.82, 2.24) is 0 Å². The lowest BCUT2D eigenvalue weighted by molar-refractivity contribution is -0.384. The van der Waals surface area contributed by atoms with E-state index in [1.807, 2.05) is 6.26 Å². The van der Waals surface area contributed by atoms with Crippen molar-refractivity contribution in [3.63, 3.8) is 0 Å². The molecule has 0 fully saturated rings. The molecule has 7 nitrogen and oxygen atoms in total. The average Bonchev–Trinajstić information content (AvgIpc) is 2.37. The molecule has 0 saturated heterocycles. The lowest BCUT2D eigenvalue weighted by Crippen LogP contribution is -2.30. The molecule has 106 valence electrons. The number of carbonyl (C=O) groups is 1. The number of non-ortho nitro benzene ring substituents is 1. The predicted octanol–water partition coefficient (Wildman–Crippen LogP) is 1.33. The molecule has 19 heavy (non-hydrogen) atoms. The van der Waals surface area contributed by atoms with Gasteiger partial charge in [0.1, 0.15) is 6.04 Å². The van der Waals surface area contributed by atoms with Gasteiger partial charge in [0.05, 0.1) is 4.92 Å². The summed E-state index contributed by atoms with van der Waals surface area (Å²) in [5, 5.41) is 18.4. The van der Waals surface area contributed by atoms with Crippen molar-refractivity contribution in [3.05, 3.63) is 34.4 Å². The summed E-state index contributed by atoms with van der Waals surface area (Å²) >= 11 is 1.60. The van der Waals surface area contributed by atoms with Gasteiger partial charge in [-0.25, -0.2) is 0 Å². The minimum atomic E-state index is -0.913. The third-order valence-electron chi connectivity index (χ3n) is 2.05. The lowest BCUT2D eigenvalue weighted by atomic mass is 10.2. The molecule has 0 saturated carbocycles. The molecule has 0 amide bonds. The molecule has 0 spiro atoms. The summed E-state index contributed by atoms with van der Waals surface area (Å²) in [5.41, 5.74) is 11.1. The first kappa shape index (κ1) is 17.2. The number of hydrogen-bond donors (Lipinski definition) is 3. The normalized spacial score (nSPS) is 11.1. The Morgan fingerprint density at radius 3 is 2.37 bits per heavy atom. The van der Waals surface area contributed by atoms with Crippen molar-refractivity contribution in [2.24, 2.45) is 5.73 Å². The average molecular weight is 287 g/mol. The maximum Gasteiger partial charge on any atom is 0.320 e. The summed E-state index contributed by atoms with van der Waals surface area (Å²) in [6.45, 7) is 0. The van der Waals surface area contributed by atoms with E-state index in [1.54, 1.807) is 11.8 Å². The number of nitrogens with two attached hydrogens (primary N) is 2. The third-order valence-corrected chi connectivity index (χ3v) is 2.70. The van der Waals surface area contributed by atoms with Gasteiger partial charge < -0.3 is 16.6 Å². The maximum absolute atomic E-state index is 10.1. The lowest BCUT2D eigenvalue weighted by Gasteiger charge is -2.02. The van der Waals surface area contributed by atoms with E-state index in [4.69, 9.17) is 16.6 Å². The molecule has 1 aromatic rings. The highest BCUT2D eigenvalue weighted by Gasteiger charge is 2.08. The molecule has 8 heteroatoms. The molecule has 0 aromatic heterocycles. The number of rotatable bonds is 5. The van der Waals surface area contributed by atoms with Gasteiger partial charge in [0.2, 0.25) is 0 Å². The van der Waals surface area contributed by atoms with Crippen LogP contribution in [-0.4, -0.2) is 34.0 Å². The van der Waals surface area contributed by atoms with Crippen LogP contribution in [-0.2, 0) is 4.79 Å². The highest BCUT2D eigenvalue weighted by Crippen LogP contribution is 2.12. The largest absolute Gasteiger partial charge is 0.480 e. The highest BCUT2D eigenvalue weighted by molar-refractivity contribution is 7.98. The Bertz CT molecular complexity index is 411. The molecule has 1 rings (SSSR count). The molecule has 0 bridgehead atoms. The summed E-state index contributed by atoms with van der Waals surface area (Å²) in [7, 11) is 0. The third kappa shape index (κ3) is 8.01. The number of carboxylic acids is 1. The van der Waals surface area contributed by atoms with Crippen LogP contribution in [0.1, 0.15) is 6.42 Å². The SMILES string of the molecule is CSCC[C@H](N)C(=O)O.Nc1ccc([N+](=O)[O-])cc1. The second-order valence-corrected chi connectivity index (χ2v) is 4.56. The Labute approximate surface area is 115 Å². The highest BCUT2D eigenvalue weighted by atomic mass is 32.2. The summed E-state index contributed by atoms with van der Waals surface area (Å²) in [6.07, 6.45) is 2.48. The van der Waals surface area contributed by atoms with Crippen molar-refractivity contribution in [3.8, 4) is 0 Å². The molecule has 5 N–H and O–H groups in total. The van der Waals surface area contributed by atoms with Gasteiger partial charge in [0.15, 0.2) is 0 Å². The van der Waals surface area contributed by atoms with Crippen LogP contribution in [0.4, 0.5) is 11.4 Å². The van der Waals surface area contributed by atoms with Crippen LogP contribution in [0, 0.1) is 10.1 Å². The standard InChI is InChI=1S/C6H6N2O2.C5H11NO2S/c7-5-1-3-6(4-2-5)8(9)10;1-9-3-2-4(6)5(7)8/h1-4H,7H2;4H,2-3,6H2,1H3,(H,7,8)/t;4-/m.0/s1. The number of thioether (sulfide) groups is 1. The first-order valence-electron chi connectivity index (χ1n) is 5.35. The fraction of sp³-hybridized carbons (Fsp3) is 0.364. The van der Waals surface area contributed by atoms with E-state index in [1.165, 1.54) is 24.3 Å². The Morgan fingerprint density at radius 1 is 1.47 bits per heavy atom. The number of nitrogen functional groups attached to an aromatic ring is 1. The van der Waals surface area contributed by atoms with Crippen LogP contribution in [0.5, 0.6) is 0 Å². The van der Waals surface area contributed by atoms with Crippen LogP contribution < -0.4 is 11.5 Å².